The van der Waals surface area contributed by atoms with E-state index in [1.807, 2.05) is 0 Å². The molecular formula is C18H14ClN3O6S. The van der Waals surface area contributed by atoms with Crippen molar-refractivity contribution in [2.45, 2.75) is 6.61 Å². The molecule has 29 heavy (non-hydrogen) atoms. The van der Waals surface area contributed by atoms with Gasteiger partial charge in [0.25, 0.3) is 5.56 Å². The molecule has 3 aromatic rings. The quantitative estimate of drug-likeness (QED) is 0.560. The predicted molar refractivity (Wildman–Crippen MR) is 107 cm³/mol. The van der Waals surface area contributed by atoms with Crippen LogP contribution in [0.3, 0.4) is 0 Å². The van der Waals surface area contributed by atoms with E-state index < -0.39 is 29.1 Å². The maximum Gasteiger partial charge on any atom is 0.412 e. The lowest BCUT2D eigenvalue weighted by molar-refractivity contribution is 0.0686. The number of benzene rings is 1. The number of amides is 1. The normalized spacial score (nSPS) is 10.6. The van der Waals surface area contributed by atoms with Gasteiger partial charge in [0.15, 0.2) is 11.5 Å². The fourth-order valence-corrected chi connectivity index (χ4v) is 3.49. The number of halogens is 1. The van der Waals surface area contributed by atoms with Crippen molar-refractivity contribution in [3.8, 4) is 16.5 Å². The Morgan fingerprint density at radius 1 is 1.31 bits per heavy atom. The average Bonchev–Trinajstić information content (AvgIpc) is 3.13. The fourth-order valence-electron chi connectivity index (χ4n) is 2.43. The van der Waals surface area contributed by atoms with Gasteiger partial charge < -0.3 is 14.9 Å². The van der Waals surface area contributed by atoms with Crippen LogP contribution in [-0.2, 0) is 18.4 Å². The molecule has 0 spiro atoms. The van der Waals surface area contributed by atoms with E-state index in [2.05, 4.69) is 10.3 Å². The highest BCUT2D eigenvalue weighted by atomic mass is 35.5. The number of carbonyl (C=O) groups excluding carboxylic acids is 1. The monoisotopic (exact) mass is 435 g/mol. The minimum absolute atomic E-state index is 0.0263. The van der Waals surface area contributed by atoms with Gasteiger partial charge in [-0.25, -0.2) is 14.6 Å². The SMILES string of the molecule is Cn1c(-c2sccc2NC(=O)OCc2ccccc2Cl)nc(C(=O)O)c(O)c1=O. The topological polar surface area (TPSA) is 131 Å². The van der Waals surface area contributed by atoms with Crippen LogP contribution in [0.2, 0.25) is 5.02 Å². The van der Waals surface area contributed by atoms with Gasteiger partial charge in [-0.3, -0.25) is 14.7 Å². The summed E-state index contributed by atoms with van der Waals surface area (Å²) in [5.41, 5.74) is -0.802. The van der Waals surface area contributed by atoms with E-state index in [1.54, 1.807) is 35.7 Å². The number of carboxylic acid groups (broad SMARTS) is 1. The van der Waals surface area contributed by atoms with Crippen molar-refractivity contribution in [1.82, 2.24) is 9.55 Å². The van der Waals surface area contributed by atoms with Crippen molar-refractivity contribution >= 4 is 40.7 Å². The summed E-state index contributed by atoms with van der Waals surface area (Å²) < 4.78 is 6.15. The second-order valence-electron chi connectivity index (χ2n) is 5.76. The van der Waals surface area contributed by atoms with Crippen molar-refractivity contribution in [3.05, 3.63) is 62.3 Å². The molecule has 11 heteroatoms. The number of hydrogen-bond donors (Lipinski definition) is 3. The number of aromatic hydroxyl groups is 1. The van der Waals surface area contributed by atoms with Gasteiger partial charge in [0, 0.05) is 17.6 Å². The lowest BCUT2D eigenvalue weighted by Crippen LogP contribution is -2.23. The number of aromatic nitrogens is 2. The number of ether oxygens (including phenoxy) is 1. The van der Waals surface area contributed by atoms with Crippen LogP contribution >= 0.6 is 22.9 Å². The highest BCUT2D eigenvalue weighted by Gasteiger charge is 2.22. The van der Waals surface area contributed by atoms with Gasteiger partial charge in [0.2, 0.25) is 5.75 Å². The second kappa shape index (κ2) is 8.33. The largest absolute Gasteiger partial charge is 0.501 e. The minimum Gasteiger partial charge on any atom is -0.501 e. The van der Waals surface area contributed by atoms with E-state index in [0.717, 1.165) is 15.9 Å². The molecule has 0 aliphatic heterocycles. The zero-order valence-electron chi connectivity index (χ0n) is 14.9. The van der Waals surface area contributed by atoms with Gasteiger partial charge in [0.05, 0.1) is 10.6 Å². The van der Waals surface area contributed by atoms with Crippen molar-refractivity contribution in [2.75, 3.05) is 5.32 Å². The Kier molecular flexibility index (Phi) is 5.85. The van der Waals surface area contributed by atoms with Crippen LogP contribution in [0, 0.1) is 0 Å². The van der Waals surface area contributed by atoms with Crippen molar-refractivity contribution in [1.29, 1.82) is 0 Å². The van der Waals surface area contributed by atoms with Gasteiger partial charge >= 0.3 is 12.1 Å². The molecule has 2 aromatic heterocycles. The van der Waals surface area contributed by atoms with Gasteiger partial charge in [0.1, 0.15) is 6.61 Å². The van der Waals surface area contributed by atoms with Crippen molar-refractivity contribution in [3.63, 3.8) is 0 Å². The summed E-state index contributed by atoms with van der Waals surface area (Å²) in [5, 5.41) is 23.5. The lowest BCUT2D eigenvalue weighted by atomic mass is 10.2. The molecule has 0 saturated heterocycles. The lowest BCUT2D eigenvalue weighted by Gasteiger charge is -2.11. The number of anilines is 1. The minimum atomic E-state index is -1.55. The molecule has 150 valence electrons. The number of carbonyl (C=O) groups is 2. The van der Waals surface area contributed by atoms with Crippen LogP contribution in [0.25, 0.3) is 10.7 Å². The molecule has 0 aliphatic carbocycles. The Morgan fingerprint density at radius 2 is 2.03 bits per heavy atom. The molecule has 2 heterocycles. The molecule has 0 unspecified atom stereocenters. The van der Waals surface area contributed by atoms with E-state index in [4.69, 9.17) is 21.4 Å². The van der Waals surface area contributed by atoms with E-state index in [1.165, 1.54) is 7.05 Å². The van der Waals surface area contributed by atoms with E-state index in [0.29, 0.717) is 15.5 Å². The van der Waals surface area contributed by atoms with Crippen molar-refractivity contribution < 1.29 is 24.5 Å². The maximum absolute atomic E-state index is 12.2. The average molecular weight is 436 g/mol. The predicted octanol–water partition coefficient (Wildman–Crippen LogP) is 3.31. The fraction of sp³-hybridized carbons (Fsp3) is 0.111. The zero-order chi connectivity index (χ0) is 21.1. The standard InChI is InChI=1S/C18H14ClN3O6S/c1-22-15(21-12(17(25)26)13(23)16(22)24)14-11(6-7-29-14)20-18(27)28-8-9-4-2-3-5-10(9)19/h2-7,23H,8H2,1H3,(H,20,27)(H,25,26). The van der Waals surface area contributed by atoms with E-state index in [-0.39, 0.29) is 18.1 Å². The molecule has 0 atom stereocenters. The molecule has 0 bridgehead atoms. The Hall–Kier alpha value is -3.37. The smallest absolute Gasteiger partial charge is 0.412 e. The summed E-state index contributed by atoms with van der Waals surface area (Å²) in [6.07, 6.45) is -0.771. The van der Waals surface area contributed by atoms with Crippen LogP contribution in [0.1, 0.15) is 16.1 Å². The Morgan fingerprint density at radius 3 is 2.72 bits per heavy atom. The molecule has 0 saturated carbocycles. The number of aromatic carboxylic acids is 1. The van der Waals surface area contributed by atoms with Gasteiger partial charge in [-0.1, -0.05) is 29.8 Å². The summed E-state index contributed by atoms with van der Waals surface area (Å²) in [7, 11) is 1.33. The van der Waals surface area contributed by atoms with Gasteiger partial charge in [-0.05, 0) is 17.5 Å². The first-order valence-corrected chi connectivity index (χ1v) is 9.33. The van der Waals surface area contributed by atoms with Gasteiger partial charge in [-0.2, -0.15) is 0 Å². The maximum atomic E-state index is 12.2. The molecule has 0 fully saturated rings. The van der Waals surface area contributed by atoms with Crippen molar-refractivity contribution in [2.24, 2.45) is 7.05 Å². The number of nitrogens with zero attached hydrogens (tertiary/aromatic N) is 2. The first-order chi connectivity index (χ1) is 13.8. The van der Waals surface area contributed by atoms with Crippen LogP contribution in [0.5, 0.6) is 5.75 Å². The Bertz CT molecular complexity index is 1160. The third kappa shape index (κ3) is 4.23. The third-order valence-electron chi connectivity index (χ3n) is 3.89. The van der Waals surface area contributed by atoms with Crippen LogP contribution in [0.4, 0.5) is 10.5 Å². The summed E-state index contributed by atoms with van der Waals surface area (Å²) >= 11 is 7.14. The second-order valence-corrected chi connectivity index (χ2v) is 7.08. The molecule has 0 aliphatic rings. The number of nitrogens with one attached hydrogen (secondary N) is 1. The number of thiophene rings is 1. The summed E-state index contributed by atoms with van der Waals surface area (Å²) in [5.74, 6) is -2.54. The highest BCUT2D eigenvalue weighted by Crippen LogP contribution is 2.32. The number of carboxylic acids is 1. The highest BCUT2D eigenvalue weighted by molar-refractivity contribution is 7.14. The first kappa shape index (κ1) is 20.4. The van der Waals surface area contributed by atoms with Crippen LogP contribution in [0.15, 0.2) is 40.5 Å². The van der Waals surface area contributed by atoms with Crippen LogP contribution < -0.4 is 10.9 Å². The number of hydrogen-bond acceptors (Lipinski definition) is 7. The molecule has 1 aromatic carbocycles. The molecule has 9 nitrogen and oxygen atoms in total. The van der Waals surface area contributed by atoms with E-state index >= 15 is 0 Å². The van der Waals surface area contributed by atoms with Crippen LogP contribution in [-0.4, -0.2) is 31.8 Å². The Balaban J connectivity index is 1.85. The van der Waals surface area contributed by atoms with E-state index in [9.17, 15) is 19.5 Å². The molecule has 0 radical (unpaired) electrons. The first-order valence-electron chi connectivity index (χ1n) is 8.08. The molecule has 1 amide bonds. The molecular weight excluding hydrogens is 422 g/mol. The summed E-state index contributed by atoms with van der Waals surface area (Å²) in [6.45, 7) is -0.0515. The zero-order valence-corrected chi connectivity index (χ0v) is 16.5. The Labute approximate surface area is 172 Å². The number of rotatable bonds is 5. The van der Waals surface area contributed by atoms with Gasteiger partial charge in [-0.15, -0.1) is 11.3 Å². The summed E-state index contributed by atoms with van der Waals surface area (Å²) in [4.78, 5) is 39.7. The third-order valence-corrected chi connectivity index (χ3v) is 5.17. The summed E-state index contributed by atoms with van der Waals surface area (Å²) in [6, 6.07) is 8.46. The molecule has 3 N–H and O–H groups in total. The molecule has 3 rings (SSSR count).